The molecule has 5 nitrogen and oxygen atoms in total. The summed E-state index contributed by atoms with van der Waals surface area (Å²) in [5.41, 5.74) is 3.37. The van der Waals surface area contributed by atoms with Crippen molar-refractivity contribution in [1.29, 1.82) is 0 Å². The molecular formula is C23H26N2O3S. The Labute approximate surface area is 174 Å². The van der Waals surface area contributed by atoms with Crippen molar-refractivity contribution in [1.82, 2.24) is 4.98 Å². The van der Waals surface area contributed by atoms with Crippen LogP contribution in [0.25, 0.3) is 10.9 Å². The second-order valence-electron chi connectivity index (χ2n) is 6.87. The molecule has 3 rings (SSSR count). The largest absolute Gasteiger partial charge is 0.490 e. The molecule has 152 valence electrons. The number of hydrogen-bond acceptors (Lipinski definition) is 4. The van der Waals surface area contributed by atoms with E-state index in [4.69, 9.17) is 4.74 Å². The molecule has 0 aliphatic rings. The molecule has 0 saturated heterocycles. The zero-order valence-corrected chi connectivity index (χ0v) is 17.9. The molecule has 1 unspecified atom stereocenters. The number of ether oxygens (including phenoxy) is 1. The summed E-state index contributed by atoms with van der Waals surface area (Å²) in [6.07, 6.45) is 4.58. The fourth-order valence-electron chi connectivity index (χ4n) is 3.25. The van der Waals surface area contributed by atoms with Crippen LogP contribution in [0.15, 0.2) is 54.7 Å². The maximum absolute atomic E-state index is 13.1. The van der Waals surface area contributed by atoms with Gasteiger partial charge in [-0.25, -0.2) is 0 Å². The molecule has 2 aromatic carbocycles. The Morgan fingerprint density at radius 3 is 2.62 bits per heavy atom. The number of nitrogens with zero attached hydrogens (tertiary/aromatic N) is 2. The van der Waals surface area contributed by atoms with Gasteiger partial charge in [-0.15, -0.1) is 0 Å². The van der Waals surface area contributed by atoms with Gasteiger partial charge in [-0.1, -0.05) is 37.3 Å². The molecule has 0 aliphatic heterocycles. The number of carbonyl (C=O) groups excluding carboxylic acids is 1. The lowest BCUT2D eigenvalue weighted by atomic mass is 10.1. The quantitative estimate of drug-likeness (QED) is 0.537. The molecule has 1 aromatic heterocycles. The fraction of sp³-hybridized carbons (Fsp3) is 0.304. The molecule has 0 saturated carbocycles. The van der Waals surface area contributed by atoms with Gasteiger partial charge in [0, 0.05) is 35.1 Å². The Hall–Kier alpha value is -2.73. The summed E-state index contributed by atoms with van der Waals surface area (Å²) in [4.78, 5) is 19.4. The second-order valence-corrected chi connectivity index (χ2v) is 8.43. The predicted octanol–water partition coefficient (Wildman–Crippen LogP) is 4.77. The number of hydrogen-bond donors (Lipinski definition) is 0. The minimum atomic E-state index is -0.919. The van der Waals surface area contributed by atoms with Crippen LogP contribution in [0.5, 0.6) is 5.75 Å². The van der Waals surface area contributed by atoms with Crippen molar-refractivity contribution in [3.63, 3.8) is 0 Å². The molecule has 6 heteroatoms. The molecule has 1 amide bonds. The highest BCUT2D eigenvalue weighted by Gasteiger charge is 2.22. The van der Waals surface area contributed by atoms with Gasteiger partial charge in [0.15, 0.2) is 0 Å². The molecule has 1 heterocycles. The van der Waals surface area contributed by atoms with Crippen LogP contribution >= 0.6 is 0 Å². The van der Waals surface area contributed by atoms with Crippen LogP contribution in [-0.2, 0) is 15.6 Å². The Balaban J connectivity index is 2.11. The summed E-state index contributed by atoms with van der Waals surface area (Å²) in [7, 11) is -0.919. The highest BCUT2D eigenvalue weighted by Crippen LogP contribution is 2.36. The lowest BCUT2D eigenvalue weighted by Crippen LogP contribution is -2.26. The van der Waals surface area contributed by atoms with E-state index in [9.17, 15) is 9.00 Å². The van der Waals surface area contributed by atoms with E-state index in [-0.39, 0.29) is 5.91 Å². The van der Waals surface area contributed by atoms with E-state index < -0.39 is 10.8 Å². The number of aryl methyl sites for hydroxylation is 1. The average molecular weight is 411 g/mol. The minimum absolute atomic E-state index is 0.0435. The Morgan fingerprint density at radius 2 is 1.90 bits per heavy atom. The van der Waals surface area contributed by atoms with Gasteiger partial charge in [0.25, 0.3) is 0 Å². The SMILES string of the molecule is CCCC(=O)N(c1ccccc1C)c1ccnc2c(OCCS(C)=O)cccc12. The van der Waals surface area contributed by atoms with Crippen LogP contribution in [0.4, 0.5) is 11.4 Å². The lowest BCUT2D eigenvalue weighted by Gasteiger charge is -2.26. The van der Waals surface area contributed by atoms with Gasteiger partial charge in [0.1, 0.15) is 11.3 Å². The van der Waals surface area contributed by atoms with Gasteiger partial charge in [-0.3, -0.25) is 18.9 Å². The smallest absolute Gasteiger partial charge is 0.231 e. The Morgan fingerprint density at radius 1 is 1.10 bits per heavy atom. The van der Waals surface area contributed by atoms with Gasteiger partial charge < -0.3 is 4.74 Å². The summed E-state index contributed by atoms with van der Waals surface area (Å²) in [5, 5.41) is 0.843. The fourth-order valence-corrected chi connectivity index (χ4v) is 3.57. The van der Waals surface area contributed by atoms with E-state index >= 15 is 0 Å². The van der Waals surface area contributed by atoms with Crippen molar-refractivity contribution in [3.8, 4) is 5.75 Å². The molecule has 0 N–H and O–H groups in total. The van der Waals surface area contributed by atoms with Crippen molar-refractivity contribution >= 4 is 39.0 Å². The molecule has 29 heavy (non-hydrogen) atoms. The number of anilines is 2. The third-order valence-electron chi connectivity index (χ3n) is 4.65. The van der Waals surface area contributed by atoms with Crippen molar-refractivity contribution in [3.05, 3.63) is 60.3 Å². The van der Waals surface area contributed by atoms with E-state index in [1.807, 2.05) is 62.4 Å². The molecule has 3 aromatic rings. The van der Waals surface area contributed by atoms with Crippen molar-refractivity contribution < 1.29 is 13.7 Å². The van der Waals surface area contributed by atoms with Gasteiger partial charge in [-0.2, -0.15) is 0 Å². The number of carbonyl (C=O) groups is 1. The first-order chi connectivity index (χ1) is 14.0. The van der Waals surface area contributed by atoms with Gasteiger partial charge in [0.2, 0.25) is 5.91 Å². The molecule has 0 radical (unpaired) electrons. The highest BCUT2D eigenvalue weighted by atomic mass is 32.2. The third kappa shape index (κ3) is 4.82. The molecule has 1 atom stereocenters. The molecule has 0 aliphatic carbocycles. The number of rotatable bonds is 8. The third-order valence-corrected chi connectivity index (χ3v) is 5.39. The Bertz CT molecular complexity index is 1040. The second kappa shape index (κ2) is 9.65. The van der Waals surface area contributed by atoms with Crippen LogP contribution in [-0.4, -0.2) is 33.7 Å². The standard InChI is InChI=1S/C23H26N2O3S/c1-4-8-22(26)25(19-11-6-5-9-17(19)2)20-13-14-24-23-18(20)10-7-12-21(23)28-15-16-29(3)27/h5-7,9-14H,4,8,15-16H2,1-3H3. The number of benzene rings is 2. The summed E-state index contributed by atoms with van der Waals surface area (Å²) >= 11 is 0. The minimum Gasteiger partial charge on any atom is -0.490 e. The number of para-hydroxylation sites is 2. The van der Waals surface area contributed by atoms with E-state index in [0.29, 0.717) is 30.0 Å². The predicted molar refractivity (Wildman–Crippen MR) is 119 cm³/mol. The average Bonchev–Trinajstić information content (AvgIpc) is 2.70. The van der Waals surface area contributed by atoms with Crippen LogP contribution in [0.3, 0.4) is 0 Å². The van der Waals surface area contributed by atoms with Crippen molar-refractivity contribution in [2.45, 2.75) is 26.7 Å². The molecule has 0 bridgehead atoms. The van der Waals surface area contributed by atoms with Gasteiger partial charge in [0.05, 0.1) is 23.7 Å². The van der Waals surface area contributed by atoms with Gasteiger partial charge >= 0.3 is 0 Å². The van der Waals surface area contributed by atoms with Crippen LogP contribution in [0.1, 0.15) is 25.3 Å². The van der Waals surface area contributed by atoms with E-state index in [1.54, 1.807) is 17.4 Å². The summed E-state index contributed by atoms with van der Waals surface area (Å²) in [6.45, 7) is 4.36. The van der Waals surface area contributed by atoms with Crippen LogP contribution in [0.2, 0.25) is 0 Å². The summed E-state index contributed by atoms with van der Waals surface area (Å²) < 4.78 is 17.2. The maximum Gasteiger partial charge on any atom is 0.231 e. The number of aromatic nitrogens is 1. The zero-order valence-electron chi connectivity index (χ0n) is 17.1. The maximum atomic E-state index is 13.1. The van der Waals surface area contributed by atoms with Gasteiger partial charge in [-0.05, 0) is 37.1 Å². The van der Waals surface area contributed by atoms with E-state index in [1.165, 1.54) is 0 Å². The molecule has 0 spiro atoms. The number of amides is 1. The van der Waals surface area contributed by atoms with Crippen LogP contribution in [0, 0.1) is 6.92 Å². The topological polar surface area (TPSA) is 59.5 Å². The van der Waals surface area contributed by atoms with Crippen molar-refractivity contribution in [2.75, 3.05) is 23.5 Å². The number of pyridine rings is 1. The molecule has 0 fully saturated rings. The lowest BCUT2D eigenvalue weighted by molar-refractivity contribution is -0.117. The van der Waals surface area contributed by atoms with Crippen molar-refractivity contribution in [2.24, 2.45) is 0 Å². The van der Waals surface area contributed by atoms with E-state index in [0.717, 1.165) is 28.7 Å². The molecular weight excluding hydrogens is 384 g/mol. The van der Waals surface area contributed by atoms with Crippen LogP contribution < -0.4 is 9.64 Å². The zero-order chi connectivity index (χ0) is 20.8. The normalized spacial score (nSPS) is 12.0. The monoisotopic (exact) mass is 410 g/mol. The summed E-state index contributed by atoms with van der Waals surface area (Å²) in [6, 6.07) is 15.4. The first-order valence-electron chi connectivity index (χ1n) is 9.72. The van der Waals surface area contributed by atoms with E-state index in [2.05, 4.69) is 4.98 Å². The first kappa shape index (κ1) is 21.0. The number of fused-ring (bicyclic) bond motifs is 1. The summed E-state index contributed by atoms with van der Waals surface area (Å²) in [5.74, 6) is 1.13. The highest BCUT2D eigenvalue weighted by molar-refractivity contribution is 7.84. The Kier molecular flexibility index (Phi) is 6.99. The first-order valence-corrected chi connectivity index (χ1v) is 11.4.